The Bertz CT molecular complexity index is 1440. The molecule has 0 bridgehead atoms. The molecule has 2 aliphatic rings. The monoisotopic (exact) mass is 487 g/mol. The first-order valence-corrected chi connectivity index (χ1v) is 13.0. The fourth-order valence-electron chi connectivity index (χ4n) is 4.31. The van der Waals surface area contributed by atoms with Crippen LogP contribution in [0.1, 0.15) is 45.9 Å². The van der Waals surface area contributed by atoms with Gasteiger partial charge in [-0.05, 0) is 43.4 Å². The fraction of sp³-hybridized carbons (Fsp3) is 0.364. The minimum atomic E-state index is -3.93. The molecule has 1 N–H and O–H groups in total. The van der Waals surface area contributed by atoms with Crippen molar-refractivity contribution in [3.8, 4) is 0 Å². The Balaban J connectivity index is 1.19. The summed E-state index contributed by atoms with van der Waals surface area (Å²) in [6.45, 7) is -0.512. The molecule has 0 atom stereocenters. The van der Waals surface area contributed by atoms with Gasteiger partial charge >= 0.3 is 5.97 Å². The lowest BCUT2D eigenvalue weighted by molar-refractivity contribution is -0.143. The number of hydrogen-bond donors (Lipinski definition) is 1. The van der Waals surface area contributed by atoms with Gasteiger partial charge in [0.05, 0.1) is 23.9 Å². The van der Waals surface area contributed by atoms with Gasteiger partial charge in [-0.1, -0.05) is 12.1 Å². The Labute approximate surface area is 193 Å². The number of sulfonamides is 1. The largest absolute Gasteiger partial charge is 0.464 e. The lowest BCUT2D eigenvalue weighted by Gasteiger charge is -2.14. The van der Waals surface area contributed by atoms with Crippen LogP contribution in [0.4, 0.5) is 0 Å². The molecule has 11 heteroatoms. The molecule has 1 aliphatic carbocycles. The lowest BCUT2D eigenvalue weighted by Crippen LogP contribution is -2.33. The summed E-state index contributed by atoms with van der Waals surface area (Å²) < 4.78 is 30.9. The van der Waals surface area contributed by atoms with Gasteiger partial charge < -0.3 is 9.72 Å². The van der Waals surface area contributed by atoms with Gasteiger partial charge in [0.25, 0.3) is 21.5 Å². The van der Waals surface area contributed by atoms with E-state index in [9.17, 15) is 22.8 Å². The van der Waals surface area contributed by atoms with E-state index in [0.717, 1.165) is 35.6 Å². The number of carbonyl (C=O) groups excluding carboxylic acids is 2. The van der Waals surface area contributed by atoms with E-state index in [2.05, 4.69) is 9.97 Å². The number of carbonyl (C=O) groups is 2. The van der Waals surface area contributed by atoms with Crippen LogP contribution in [0.2, 0.25) is 0 Å². The summed E-state index contributed by atoms with van der Waals surface area (Å²) in [6.07, 6.45) is 4.22. The number of benzene rings is 1. The second kappa shape index (κ2) is 8.38. The molecule has 0 saturated carbocycles. The highest BCUT2D eigenvalue weighted by atomic mass is 32.2. The van der Waals surface area contributed by atoms with Crippen LogP contribution in [0.15, 0.2) is 34.0 Å². The van der Waals surface area contributed by atoms with Crippen molar-refractivity contribution in [1.82, 2.24) is 14.3 Å². The number of aryl methyl sites for hydroxylation is 3. The first-order chi connectivity index (χ1) is 15.9. The molecular formula is C22H21N3O6S2. The number of esters is 1. The number of ether oxygens (including phenoxy) is 1. The molecule has 5 rings (SSSR count). The molecule has 3 aromatic rings. The van der Waals surface area contributed by atoms with Gasteiger partial charge in [0.15, 0.2) is 0 Å². The Kier molecular flexibility index (Phi) is 5.53. The SMILES string of the molecule is O=C(CCc1nc2sc3c(c2c(=O)[nH]1)CCCC3)OCCN1C(=O)c2ccccc2S1(=O)=O. The molecule has 33 heavy (non-hydrogen) atoms. The number of nitrogens with one attached hydrogen (secondary N) is 1. The third-order valence-electron chi connectivity index (χ3n) is 5.91. The number of nitrogens with zero attached hydrogens (tertiary/aromatic N) is 2. The molecule has 172 valence electrons. The first-order valence-electron chi connectivity index (χ1n) is 10.7. The van der Waals surface area contributed by atoms with Crippen LogP contribution in [0, 0.1) is 0 Å². The molecule has 0 unspecified atom stereocenters. The Morgan fingerprint density at radius 1 is 1.18 bits per heavy atom. The standard InChI is InChI=1S/C22H21N3O6S2/c26-18(31-12-11-25-22(28)14-6-2-4-8-16(14)33(25,29)30)10-9-17-23-20(27)19-13-5-1-3-7-15(13)32-21(19)24-17/h2,4,6,8H,1,3,5,7,9-12H2,(H,23,24,27). The van der Waals surface area contributed by atoms with Gasteiger partial charge in [-0.2, -0.15) is 0 Å². The van der Waals surface area contributed by atoms with Crippen molar-refractivity contribution in [3.63, 3.8) is 0 Å². The zero-order valence-corrected chi connectivity index (χ0v) is 19.3. The van der Waals surface area contributed by atoms with Crippen molar-refractivity contribution in [2.45, 2.75) is 43.4 Å². The second-order valence-corrected chi connectivity index (χ2v) is 10.9. The zero-order chi connectivity index (χ0) is 23.2. The predicted molar refractivity (Wildman–Crippen MR) is 121 cm³/mol. The number of amides is 1. The zero-order valence-electron chi connectivity index (χ0n) is 17.6. The molecule has 3 heterocycles. The third kappa shape index (κ3) is 3.84. The van der Waals surface area contributed by atoms with Gasteiger partial charge in [-0.15, -0.1) is 11.3 Å². The van der Waals surface area contributed by atoms with Crippen molar-refractivity contribution in [1.29, 1.82) is 0 Å². The minimum Gasteiger partial charge on any atom is -0.464 e. The average Bonchev–Trinajstić information content (AvgIpc) is 3.26. The van der Waals surface area contributed by atoms with Gasteiger partial charge in [0, 0.05) is 11.3 Å². The van der Waals surface area contributed by atoms with Crippen LogP contribution < -0.4 is 5.56 Å². The van der Waals surface area contributed by atoms with Crippen molar-refractivity contribution < 1.29 is 22.7 Å². The molecule has 0 spiro atoms. The predicted octanol–water partition coefficient (Wildman–Crippen LogP) is 2.18. The molecule has 1 amide bonds. The van der Waals surface area contributed by atoms with Crippen molar-refractivity contribution in [2.75, 3.05) is 13.2 Å². The minimum absolute atomic E-state index is 0.0273. The van der Waals surface area contributed by atoms with Crippen molar-refractivity contribution >= 4 is 43.5 Å². The molecule has 9 nitrogen and oxygen atoms in total. The number of fused-ring (bicyclic) bond motifs is 4. The topological polar surface area (TPSA) is 126 Å². The Hall–Kier alpha value is -3.05. The normalized spacial score (nSPS) is 16.6. The van der Waals surface area contributed by atoms with E-state index in [1.165, 1.54) is 17.0 Å². The number of rotatable bonds is 6. The molecule has 0 saturated heterocycles. The summed E-state index contributed by atoms with van der Waals surface area (Å²) in [5.74, 6) is -0.782. The maximum absolute atomic E-state index is 12.6. The summed E-state index contributed by atoms with van der Waals surface area (Å²) in [5, 5.41) is 0.665. The number of aromatic nitrogens is 2. The van der Waals surface area contributed by atoms with E-state index < -0.39 is 21.9 Å². The molecule has 2 aromatic heterocycles. The van der Waals surface area contributed by atoms with E-state index in [0.29, 0.717) is 16.0 Å². The summed E-state index contributed by atoms with van der Waals surface area (Å²) in [5.41, 5.74) is 1.04. The molecule has 1 aliphatic heterocycles. The fourth-order valence-corrected chi connectivity index (χ4v) is 7.15. The van der Waals surface area contributed by atoms with Crippen LogP contribution in [0.5, 0.6) is 0 Å². The third-order valence-corrected chi connectivity index (χ3v) is 8.94. The van der Waals surface area contributed by atoms with E-state index in [1.807, 2.05) is 0 Å². The van der Waals surface area contributed by atoms with Gasteiger partial charge in [-0.3, -0.25) is 14.4 Å². The molecular weight excluding hydrogens is 466 g/mol. The lowest BCUT2D eigenvalue weighted by atomic mass is 9.97. The number of H-pyrrole nitrogens is 1. The highest BCUT2D eigenvalue weighted by Crippen LogP contribution is 2.33. The van der Waals surface area contributed by atoms with Crippen molar-refractivity contribution in [2.24, 2.45) is 0 Å². The van der Waals surface area contributed by atoms with E-state index >= 15 is 0 Å². The Morgan fingerprint density at radius 2 is 1.97 bits per heavy atom. The maximum Gasteiger partial charge on any atom is 0.306 e. The first kappa shape index (κ1) is 21.8. The van der Waals surface area contributed by atoms with Gasteiger partial charge in [0.2, 0.25) is 0 Å². The molecule has 1 aromatic carbocycles. The molecule has 0 fully saturated rings. The number of hydrogen-bond acceptors (Lipinski definition) is 8. The van der Waals surface area contributed by atoms with E-state index in [4.69, 9.17) is 4.74 Å². The highest BCUT2D eigenvalue weighted by Gasteiger charge is 2.40. The van der Waals surface area contributed by atoms with E-state index in [-0.39, 0.29) is 42.0 Å². The maximum atomic E-state index is 12.6. The average molecular weight is 488 g/mol. The van der Waals surface area contributed by atoms with Crippen LogP contribution in [-0.2, 0) is 38.8 Å². The van der Waals surface area contributed by atoms with Crippen LogP contribution in [0.25, 0.3) is 10.2 Å². The smallest absolute Gasteiger partial charge is 0.306 e. The Morgan fingerprint density at radius 3 is 2.79 bits per heavy atom. The summed E-state index contributed by atoms with van der Waals surface area (Å²) >= 11 is 1.54. The quantitative estimate of drug-likeness (QED) is 0.528. The van der Waals surface area contributed by atoms with Gasteiger partial charge in [0.1, 0.15) is 22.2 Å². The van der Waals surface area contributed by atoms with Crippen molar-refractivity contribution in [3.05, 3.63) is 56.4 Å². The number of aromatic amines is 1. The summed E-state index contributed by atoms with van der Waals surface area (Å²) in [6, 6.07) is 5.98. The van der Waals surface area contributed by atoms with Gasteiger partial charge in [-0.25, -0.2) is 17.7 Å². The number of thiophene rings is 1. The summed E-state index contributed by atoms with van der Waals surface area (Å²) in [7, 11) is -3.93. The summed E-state index contributed by atoms with van der Waals surface area (Å²) in [4.78, 5) is 46.3. The highest BCUT2D eigenvalue weighted by molar-refractivity contribution is 7.90. The van der Waals surface area contributed by atoms with E-state index in [1.54, 1.807) is 23.5 Å². The van der Waals surface area contributed by atoms with Crippen LogP contribution >= 0.6 is 11.3 Å². The van der Waals surface area contributed by atoms with Crippen LogP contribution in [-0.4, -0.2) is 47.7 Å². The molecule has 0 radical (unpaired) electrons. The second-order valence-electron chi connectivity index (χ2n) is 8.00. The van der Waals surface area contributed by atoms with Crippen LogP contribution in [0.3, 0.4) is 0 Å².